The molecule has 0 bridgehead atoms. The fraction of sp³-hybridized carbons (Fsp3) is 0.167. The van der Waals surface area contributed by atoms with Crippen LogP contribution >= 0.6 is 0 Å². The SMILES string of the molecule is COC(=O)c1ncoc1-c1ccc([N+](=O)[O-])cc1OC. The molecule has 0 atom stereocenters. The summed E-state index contributed by atoms with van der Waals surface area (Å²) in [5.74, 6) is -0.348. The van der Waals surface area contributed by atoms with Gasteiger partial charge in [-0.15, -0.1) is 0 Å². The Morgan fingerprint density at radius 3 is 2.75 bits per heavy atom. The molecule has 20 heavy (non-hydrogen) atoms. The molecule has 104 valence electrons. The van der Waals surface area contributed by atoms with Gasteiger partial charge in [-0.1, -0.05) is 0 Å². The Morgan fingerprint density at radius 2 is 2.15 bits per heavy atom. The monoisotopic (exact) mass is 278 g/mol. The van der Waals surface area contributed by atoms with Crippen molar-refractivity contribution in [3.63, 3.8) is 0 Å². The predicted molar refractivity (Wildman–Crippen MR) is 66.5 cm³/mol. The Morgan fingerprint density at radius 1 is 1.40 bits per heavy atom. The normalized spacial score (nSPS) is 10.1. The van der Waals surface area contributed by atoms with Gasteiger partial charge in [0.1, 0.15) is 5.75 Å². The lowest BCUT2D eigenvalue weighted by Gasteiger charge is -2.06. The number of oxazole rings is 1. The molecule has 0 radical (unpaired) electrons. The molecule has 0 N–H and O–H groups in total. The van der Waals surface area contributed by atoms with Crippen molar-refractivity contribution in [1.82, 2.24) is 4.98 Å². The lowest BCUT2D eigenvalue weighted by molar-refractivity contribution is -0.384. The van der Waals surface area contributed by atoms with E-state index in [-0.39, 0.29) is 22.9 Å². The molecule has 1 aromatic carbocycles. The number of carbonyl (C=O) groups excluding carboxylic acids is 1. The summed E-state index contributed by atoms with van der Waals surface area (Å²) >= 11 is 0. The van der Waals surface area contributed by atoms with Crippen LogP contribution in [0.25, 0.3) is 11.3 Å². The molecule has 0 saturated carbocycles. The lowest BCUT2D eigenvalue weighted by atomic mass is 10.1. The second kappa shape index (κ2) is 5.39. The second-order valence-electron chi connectivity index (χ2n) is 3.66. The fourth-order valence-electron chi connectivity index (χ4n) is 1.66. The molecule has 1 aromatic heterocycles. The second-order valence-corrected chi connectivity index (χ2v) is 3.66. The highest BCUT2D eigenvalue weighted by molar-refractivity contribution is 5.94. The van der Waals surface area contributed by atoms with Crippen LogP contribution in [0.1, 0.15) is 10.5 Å². The average Bonchev–Trinajstić information content (AvgIpc) is 2.94. The first-order chi connectivity index (χ1) is 9.58. The fourth-order valence-corrected chi connectivity index (χ4v) is 1.66. The van der Waals surface area contributed by atoms with Crippen LogP contribution in [0.4, 0.5) is 5.69 Å². The maximum atomic E-state index is 11.5. The van der Waals surface area contributed by atoms with Crippen molar-refractivity contribution < 1.29 is 23.6 Å². The summed E-state index contributed by atoms with van der Waals surface area (Å²) in [6.07, 6.45) is 1.09. The number of nitro benzene ring substituents is 1. The van der Waals surface area contributed by atoms with Gasteiger partial charge in [-0.05, 0) is 6.07 Å². The van der Waals surface area contributed by atoms with Crippen LogP contribution in [0.15, 0.2) is 29.0 Å². The molecule has 0 aliphatic carbocycles. The zero-order valence-corrected chi connectivity index (χ0v) is 10.7. The first kappa shape index (κ1) is 13.5. The molecule has 8 heteroatoms. The highest BCUT2D eigenvalue weighted by atomic mass is 16.6. The van der Waals surface area contributed by atoms with Crippen molar-refractivity contribution in [3.05, 3.63) is 40.4 Å². The average molecular weight is 278 g/mol. The van der Waals surface area contributed by atoms with E-state index in [9.17, 15) is 14.9 Å². The Hall–Kier alpha value is -2.90. The Balaban J connectivity index is 2.56. The minimum absolute atomic E-state index is 0.0281. The van der Waals surface area contributed by atoms with E-state index >= 15 is 0 Å². The predicted octanol–water partition coefficient (Wildman–Crippen LogP) is 2.04. The Labute approximate surface area is 113 Å². The van der Waals surface area contributed by atoms with Crippen molar-refractivity contribution in [2.24, 2.45) is 0 Å². The van der Waals surface area contributed by atoms with Gasteiger partial charge in [-0.25, -0.2) is 9.78 Å². The van der Waals surface area contributed by atoms with Crippen LogP contribution < -0.4 is 4.74 Å². The van der Waals surface area contributed by atoms with E-state index in [4.69, 9.17) is 9.15 Å². The summed E-state index contributed by atoms with van der Waals surface area (Å²) in [4.78, 5) is 25.5. The van der Waals surface area contributed by atoms with Gasteiger partial charge in [0.15, 0.2) is 17.8 Å². The molecular formula is C12H10N2O6. The van der Waals surface area contributed by atoms with Crippen LogP contribution in [0.5, 0.6) is 5.75 Å². The number of rotatable bonds is 4. The van der Waals surface area contributed by atoms with Crippen molar-refractivity contribution >= 4 is 11.7 Å². The number of hydrogen-bond donors (Lipinski definition) is 0. The molecule has 0 aliphatic rings. The molecule has 2 rings (SSSR count). The van der Waals surface area contributed by atoms with Gasteiger partial charge in [0.25, 0.3) is 5.69 Å². The van der Waals surface area contributed by atoms with Crippen LogP contribution in [0, 0.1) is 10.1 Å². The van der Waals surface area contributed by atoms with Gasteiger partial charge in [0.2, 0.25) is 0 Å². The zero-order valence-electron chi connectivity index (χ0n) is 10.7. The van der Waals surface area contributed by atoms with Crippen molar-refractivity contribution in [1.29, 1.82) is 0 Å². The molecule has 0 saturated heterocycles. The summed E-state index contributed by atoms with van der Waals surface area (Å²) in [6, 6.07) is 3.93. The number of esters is 1. The molecule has 0 amide bonds. The Bertz CT molecular complexity index is 664. The maximum Gasteiger partial charge on any atom is 0.360 e. The van der Waals surface area contributed by atoms with Gasteiger partial charge in [-0.3, -0.25) is 10.1 Å². The van der Waals surface area contributed by atoms with E-state index in [1.807, 2.05) is 0 Å². The Kier molecular flexibility index (Phi) is 3.65. The molecule has 1 heterocycles. The number of nitrogens with zero attached hydrogens (tertiary/aromatic N) is 2. The topological polar surface area (TPSA) is 105 Å². The number of nitro groups is 1. The number of benzene rings is 1. The van der Waals surface area contributed by atoms with Gasteiger partial charge < -0.3 is 13.9 Å². The number of aromatic nitrogens is 1. The molecule has 0 fully saturated rings. The molecule has 0 spiro atoms. The molecule has 0 unspecified atom stereocenters. The molecule has 2 aromatic rings. The van der Waals surface area contributed by atoms with Gasteiger partial charge >= 0.3 is 5.97 Å². The summed E-state index contributed by atoms with van der Waals surface area (Å²) in [5, 5.41) is 10.7. The maximum absolute atomic E-state index is 11.5. The van der Waals surface area contributed by atoms with E-state index in [2.05, 4.69) is 9.72 Å². The molecule has 0 aliphatic heterocycles. The van der Waals surface area contributed by atoms with Gasteiger partial charge in [0, 0.05) is 6.07 Å². The first-order valence-electron chi connectivity index (χ1n) is 5.43. The number of ether oxygens (including phenoxy) is 2. The third kappa shape index (κ3) is 2.30. The standard InChI is InChI=1S/C12H10N2O6/c1-18-9-5-7(14(16)17)3-4-8(9)11-10(12(15)19-2)13-6-20-11/h3-6H,1-2H3. The minimum atomic E-state index is -0.672. The van der Waals surface area contributed by atoms with Crippen LogP contribution in [0.3, 0.4) is 0 Å². The number of carbonyl (C=O) groups is 1. The summed E-state index contributed by atoms with van der Waals surface area (Å²) in [6.45, 7) is 0. The number of hydrogen-bond acceptors (Lipinski definition) is 7. The minimum Gasteiger partial charge on any atom is -0.496 e. The van der Waals surface area contributed by atoms with Crippen molar-refractivity contribution in [2.75, 3.05) is 14.2 Å². The van der Waals surface area contributed by atoms with E-state index in [0.29, 0.717) is 5.56 Å². The lowest BCUT2D eigenvalue weighted by Crippen LogP contribution is -2.03. The quantitative estimate of drug-likeness (QED) is 0.478. The van der Waals surface area contributed by atoms with Gasteiger partial charge in [-0.2, -0.15) is 0 Å². The van der Waals surface area contributed by atoms with Crippen molar-refractivity contribution in [3.8, 4) is 17.1 Å². The summed E-state index contributed by atoms with van der Waals surface area (Å²) in [5.41, 5.74) is 0.209. The van der Waals surface area contributed by atoms with Crippen LogP contribution in [-0.2, 0) is 4.74 Å². The van der Waals surface area contributed by atoms with E-state index in [1.165, 1.54) is 32.4 Å². The summed E-state index contributed by atoms with van der Waals surface area (Å²) < 4.78 is 14.8. The van der Waals surface area contributed by atoms with Crippen LogP contribution in [-0.4, -0.2) is 30.1 Å². The van der Waals surface area contributed by atoms with Gasteiger partial charge in [0.05, 0.1) is 30.8 Å². The first-order valence-corrected chi connectivity index (χ1v) is 5.43. The third-order valence-electron chi connectivity index (χ3n) is 2.59. The summed E-state index contributed by atoms with van der Waals surface area (Å²) in [7, 11) is 2.57. The highest BCUT2D eigenvalue weighted by Crippen LogP contribution is 2.35. The highest BCUT2D eigenvalue weighted by Gasteiger charge is 2.23. The van der Waals surface area contributed by atoms with E-state index in [0.717, 1.165) is 6.39 Å². The van der Waals surface area contributed by atoms with E-state index in [1.54, 1.807) is 0 Å². The molecular weight excluding hydrogens is 268 g/mol. The third-order valence-corrected chi connectivity index (χ3v) is 2.59. The van der Waals surface area contributed by atoms with Crippen LogP contribution in [0.2, 0.25) is 0 Å². The smallest absolute Gasteiger partial charge is 0.360 e. The largest absolute Gasteiger partial charge is 0.496 e. The zero-order chi connectivity index (χ0) is 14.7. The molecule has 8 nitrogen and oxygen atoms in total. The number of non-ortho nitro benzene ring substituents is 1. The number of methoxy groups -OCH3 is 2. The van der Waals surface area contributed by atoms with Crippen molar-refractivity contribution in [2.45, 2.75) is 0 Å². The van der Waals surface area contributed by atoms with E-state index < -0.39 is 10.9 Å².